The van der Waals surface area contributed by atoms with E-state index in [1.54, 1.807) is 31.4 Å². The summed E-state index contributed by atoms with van der Waals surface area (Å²) in [6.45, 7) is 2.33. The van der Waals surface area contributed by atoms with Gasteiger partial charge in [0.25, 0.3) is 5.91 Å². The molecule has 1 amide bonds. The van der Waals surface area contributed by atoms with Gasteiger partial charge in [0.05, 0.1) is 19.9 Å². The fraction of sp³-hybridized carbons (Fsp3) is 0.222. The standard InChI is InChI=1S/C18H20N2O4/c1-3-23-17-10-5-4-7-14(17)12-19-20-18(21)13-24-16-9-6-8-15(11-16)22-2/h4-12H,3,13H2,1-2H3,(H,20,21)/b19-12+. The Bertz CT molecular complexity index is 701. The van der Waals surface area contributed by atoms with Crippen molar-refractivity contribution < 1.29 is 19.0 Å². The van der Waals surface area contributed by atoms with Gasteiger partial charge in [0.2, 0.25) is 0 Å². The summed E-state index contributed by atoms with van der Waals surface area (Å²) in [6.07, 6.45) is 1.54. The molecule has 6 heteroatoms. The number of carbonyl (C=O) groups is 1. The maximum atomic E-state index is 11.8. The lowest BCUT2D eigenvalue weighted by Gasteiger charge is -2.07. The fourth-order valence-electron chi connectivity index (χ4n) is 1.92. The molecule has 0 aromatic heterocycles. The Morgan fingerprint density at radius 3 is 2.71 bits per heavy atom. The Morgan fingerprint density at radius 1 is 1.12 bits per heavy atom. The second kappa shape index (κ2) is 9.19. The second-order valence-electron chi connectivity index (χ2n) is 4.73. The highest BCUT2D eigenvalue weighted by Crippen LogP contribution is 2.18. The summed E-state index contributed by atoms with van der Waals surface area (Å²) in [5, 5.41) is 3.92. The van der Waals surface area contributed by atoms with Crippen LogP contribution in [0.15, 0.2) is 53.6 Å². The molecule has 2 rings (SSSR count). The summed E-state index contributed by atoms with van der Waals surface area (Å²) in [7, 11) is 1.57. The molecule has 24 heavy (non-hydrogen) atoms. The molecule has 0 saturated heterocycles. The fourth-order valence-corrected chi connectivity index (χ4v) is 1.92. The van der Waals surface area contributed by atoms with E-state index in [0.717, 1.165) is 5.56 Å². The van der Waals surface area contributed by atoms with E-state index >= 15 is 0 Å². The largest absolute Gasteiger partial charge is 0.497 e. The van der Waals surface area contributed by atoms with Gasteiger partial charge in [-0.3, -0.25) is 4.79 Å². The molecule has 0 heterocycles. The third kappa shape index (κ3) is 5.31. The van der Waals surface area contributed by atoms with Crippen molar-refractivity contribution in [1.82, 2.24) is 5.43 Å². The van der Waals surface area contributed by atoms with Crippen LogP contribution in [0.5, 0.6) is 17.2 Å². The van der Waals surface area contributed by atoms with Gasteiger partial charge in [-0.2, -0.15) is 5.10 Å². The number of carbonyl (C=O) groups excluding carboxylic acids is 1. The minimum atomic E-state index is -0.358. The number of nitrogens with one attached hydrogen (secondary N) is 1. The summed E-state index contributed by atoms with van der Waals surface area (Å²) >= 11 is 0. The summed E-state index contributed by atoms with van der Waals surface area (Å²) in [4.78, 5) is 11.8. The third-order valence-corrected chi connectivity index (χ3v) is 3.02. The first-order chi connectivity index (χ1) is 11.7. The van der Waals surface area contributed by atoms with Gasteiger partial charge in [-0.05, 0) is 31.2 Å². The molecule has 2 aromatic carbocycles. The summed E-state index contributed by atoms with van der Waals surface area (Å²) in [5.41, 5.74) is 3.20. The Morgan fingerprint density at radius 2 is 1.92 bits per heavy atom. The smallest absolute Gasteiger partial charge is 0.277 e. The van der Waals surface area contributed by atoms with Crippen LogP contribution >= 0.6 is 0 Å². The molecule has 0 unspecified atom stereocenters. The molecular weight excluding hydrogens is 308 g/mol. The Labute approximate surface area is 141 Å². The lowest BCUT2D eigenvalue weighted by molar-refractivity contribution is -0.123. The van der Waals surface area contributed by atoms with Gasteiger partial charge in [-0.15, -0.1) is 0 Å². The topological polar surface area (TPSA) is 69.2 Å². The predicted octanol–water partition coefficient (Wildman–Crippen LogP) is 2.62. The molecule has 2 aromatic rings. The SMILES string of the molecule is CCOc1ccccc1/C=N/NC(=O)COc1cccc(OC)c1. The average Bonchev–Trinajstić information content (AvgIpc) is 2.62. The number of hydrogen-bond acceptors (Lipinski definition) is 5. The minimum absolute atomic E-state index is 0.141. The second-order valence-corrected chi connectivity index (χ2v) is 4.73. The molecule has 0 bridgehead atoms. The third-order valence-electron chi connectivity index (χ3n) is 3.02. The van der Waals surface area contributed by atoms with Crippen molar-refractivity contribution in [3.8, 4) is 17.2 Å². The number of methoxy groups -OCH3 is 1. The van der Waals surface area contributed by atoms with E-state index in [4.69, 9.17) is 14.2 Å². The number of hydrazone groups is 1. The van der Waals surface area contributed by atoms with Crippen molar-refractivity contribution in [3.63, 3.8) is 0 Å². The monoisotopic (exact) mass is 328 g/mol. The van der Waals surface area contributed by atoms with E-state index in [1.807, 2.05) is 31.2 Å². The van der Waals surface area contributed by atoms with Crippen molar-refractivity contribution in [1.29, 1.82) is 0 Å². The molecule has 0 atom stereocenters. The van der Waals surface area contributed by atoms with E-state index < -0.39 is 0 Å². The van der Waals surface area contributed by atoms with Gasteiger partial charge < -0.3 is 14.2 Å². The van der Waals surface area contributed by atoms with Crippen molar-refractivity contribution in [2.75, 3.05) is 20.3 Å². The number of hydrogen-bond donors (Lipinski definition) is 1. The van der Waals surface area contributed by atoms with Crippen LogP contribution in [0.4, 0.5) is 0 Å². The van der Waals surface area contributed by atoms with Crippen LogP contribution < -0.4 is 19.6 Å². The highest BCUT2D eigenvalue weighted by molar-refractivity contribution is 5.85. The predicted molar refractivity (Wildman–Crippen MR) is 91.8 cm³/mol. The van der Waals surface area contributed by atoms with Crippen LogP contribution in [0.1, 0.15) is 12.5 Å². The maximum Gasteiger partial charge on any atom is 0.277 e. The molecule has 0 spiro atoms. The van der Waals surface area contributed by atoms with Gasteiger partial charge in [0, 0.05) is 11.6 Å². The van der Waals surface area contributed by atoms with Gasteiger partial charge >= 0.3 is 0 Å². The quantitative estimate of drug-likeness (QED) is 0.597. The molecule has 0 saturated carbocycles. The zero-order chi connectivity index (χ0) is 17.2. The Kier molecular flexibility index (Phi) is 6.64. The van der Waals surface area contributed by atoms with Crippen LogP contribution in [-0.2, 0) is 4.79 Å². The van der Waals surface area contributed by atoms with E-state index in [0.29, 0.717) is 23.9 Å². The van der Waals surface area contributed by atoms with Gasteiger partial charge in [0.1, 0.15) is 17.2 Å². The van der Waals surface area contributed by atoms with Crippen LogP contribution in [0.25, 0.3) is 0 Å². The summed E-state index contributed by atoms with van der Waals surface area (Å²) in [5.74, 6) is 1.57. The number of ether oxygens (including phenoxy) is 3. The van der Waals surface area contributed by atoms with E-state index in [-0.39, 0.29) is 12.5 Å². The summed E-state index contributed by atoms with van der Waals surface area (Å²) in [6, 6.07) is 14.5. The van der Waals surface area contributed by atoms with Crippen molar-refractivity contribution in [3.05, 3.63) is 54.1 Å². The summed E-state index contributed by atoms with van der Waals surface area (Å²) < 4.78 is 16.0. The molecule has 6 nitrogen and oxygen atoms in total. The number of benzene rings is 2. The first kappa shape index (κ1) is 17.3. The first-order valence-corrected chi connectivity index (χ1v) is 7.53. The van der Waals surface area contributed by atoms with Crippen LogP contribution in [0.2, 0.25) is 0 Å². The molecule has 0 radical (unpaired) electrons. The Balaban J connectivity index is 1.84. The zero-order valence-electron chi connectivity index (χ0n) is 13.7. The number of amides is 1. The number of nitrogens with zero attached hydrogens (tertiary/aromatic N) is 1. The highest BCUT2D eigenvalue weighted by atomic mass is 16.5. The molecule has 126 valence electrons. The van der Waals surface area contributed by atoms with E-state index in [2.05, 4.69) is 10.5 Å². The normalized spacial score (nSPS) is 10.4. The van der Waals surface area contributed by atoms with Crippen molar-refractivity contribution in [2.45, 2.75) is 6.92 Å². The van der Waals surface area contributed by atoms with Crippen molar-refractivity contribution in [2.24, 2.45) is 5.10 Å². The average molecular weight is 328 g/mol. The first-order valence-electron chi connectivity index (χ1n) is 7.53. The van der Waals surface area contributed by atoms with Crippen LogP contribution in [0, 0.1) is 0 Å². The molecule has 0 aliphatic carbocycles. The molecule has 0 aliphatic rings. The molecule has 0 fully saturated rings. The zero-order valence-corrected chi connectivity index (χ0v) is 13.7. The van der Waals surface area contributed by atoms with Crippen molar-refractivity contribution >= 4 is 12.1 Å². The molecular formula is C18H20N2O4. The van der Waals surface area contributed by atoms with Gasteiger partial charge in [-0.25, -0.2) is 5.43 Å². The van der Waals surface area contributed by atoms with Crippen LogP contribution in [-0.4, -0.2) is 32.4 Å². The molecule has 0 aliphatic heterocycles. The molecule has 1 N–H and O–H groups in total. The lowest BCUT2D eigenvalue weighted by Crippen LogP contribution is -2.24. The highest BCUT2D eigenvalue weighted by Gasteiger charge is 2.03. The van der Waals surface area contributed by atoms with E-state index in [9.17, 15) is 4.79 Å². The van der Waals surface area contributed by atoms with Gasteiger partial charge in [0.15, 0.2) is 6.61 Å². The number of rotatable bonds is 8. The van der Waals surface area contributed by atoms with Crippen LogP contribution in [0.3, 0.4) is 0 Å². The van der Waals surface area contributed by atoms with E-state index in [1.165, 1.54) is 6.21 Å². The minimum Gasteiger partial charge on any atom is -0.497 e. The maximum absolute atomic E-state index is 11.8. The van der Waals surface area contributed by atoms with Gasteiger partial charge in [-0.1, -0.05) is 18.2 Å². The lowest BCUT2D eigenvalue weighted by atomic mass is 10.2. The Hall–Kier alpha value is -3.02. The number of para-hydroxylation sites is 1.